The Morgan fingerprint density at radius 1 is 1.21 bits per heavy atom. The van der Waals surface area contributed by atoms with E-state index < -0.39 is 11.7 Å². The summed E-state index contributed by atoms with van der Waals surface area (Å²) < 4.78 is 43.9. The molecule has 0 spiro atoms. The van der Waals surface area contributed by atoms with E-state index in [1.807, 2.05) is 0 Å². The van der Waals surface area contributed by atoms with Crippen molar-refractivity contribution in [1.82, 2.24) is 0 Å². The molecule has 0 bridgehead atoms. The number of halogens is 3. The van der Waals surface area contributed by atoms with Crippen molar-refractivity contribution < 1.29 is 22.4 Å². The van der Waals surface area contributed by atoms with Crippen molar-refractivity contribution in [3.05, 3.63) is 47.4 Å². The van der Waals surface area contributed by atoms with Crippen molar-refractivity contribution in [2.75, 3.05) is 0 Å². The second kappa shape index (κ2) is 5.13. The summed E-state index contributed by atoms with van der Waals surface area (Å²) in [6.45, 7) is 1.68. The van der Waals surface area contributed by atoms with Crippen LogP contribution in [0.15, 0.2) is 44.7 Å². The number of benzene rings is 1. The number of aryl methyl sites for hydroxylation is 1. The van der Waals surface area contributed by atoms with Crippen LogP contribution in [-0.2, 0) is 6.18 Å². The van der Waals surface area contributed by atoms with Gasteiger partial charge in [-0.1, -0.05) is 17.8 Å². The van der Waals surface area contributed by atoms with Gasteiger partial charge in [-0.25, -0.2) is 0 Å². The van der Waals surface area contributed by atoms with Crippen molar-refractivity contribution >= 4 is 18.0 Å². The van der Waals surface area contributed by atoms with Gasteiger partial charge < -0.3 is 4.42 Å². The van der Waals surface area contributed by atoms with Crippen molar-refractivity contribution in [2.24, 2.45) is 0 Å². The third kappa shape index (κ3) is 3.01. The number of carbonyl (C=O) groups excluding carboxylic acids is 1. The summed E-state index contributed by atoms with van der Waals surface area (Å²) in [5.41, 5.74) is -0.816. The van der Waals surface area contributed by atoms with Crippen LogP contribution in [0, 0.1) is 6.92 Å². The molecule has 1 aromatic carbocycles. The van der Waals surface area contributed by atoms with E-state index in [1.165, 1.54) is 18.4 Å². The molecule has 0 amide bonds. The Hall–Kier alpha value is -1.69. The minimum Gasteiger partial charge on any atom is -0.468 e. The molecule has 0 aliphatic heterocycles. The standard InChI is InChI=1S/C13H9F3O2S/c1-8-11(4-5-18-8)19-12-3-2-9(7-17)6-10(12)13(14,15)16/h2-7H,1H3. The lowest BCUT2D eigenvalue weighted by molar-refractivity contribution is -0.139. The van der Waals surface area contributed by atoms with Crippen molar-refractivity contribution in [3.63, 3.8) is 0 Å². The lowest BCUT2D eigenvalue weighted by atomic mass is 10.1. The SMILES string of the molecule is Cc1occc1Sc1ccc(C=O)cc1C(F)(F)F. The maximum absolute atomic E-state index is 12.9. The molecule has 0 fully saturated rings. The Balaban J connectivity index is 2.45. The van der Waals surface area contributed by atoms with Gasteiger partial charge in [0.25, 0.3) is 0 Å². The number of rotatable bonds is 3. The molecule has 1 heterocycles. The van der Waals surface area contributed by atoms with Crippen LogP contribution in [0.3, 0.4) is 0 Å². The molecule has 0 aliphatic carbocycles. The first-order valence-electron chi connectivity index (χ1n) is 5.30. The lowest BCUT2D eigenvalue weighted by Crippen LogP contribution is -2.07. The maximum atomic E-state index is 12.9. The smallest absolute Gasteiger partial charge is 0.417 e. The molecule has 1 aromatic heterocycles. The van der Waals surface area contributed by atoms with E-state index in [0.717, 1.165) is 17.8 Å². The highest BCUT2D eigenvalue weighted by atomic mass is 32.2. The normalized spacial score (nSPS) is 11.6. The van der Waals surface area contributed by atoms with E-state index in [-0.39, 0.29) is 10.5 Å². The first kappa shape index (κ1) is 13.7. The van der Waals surface area contributed by atoms with Crippen molar-refractivity contribution in [2.45, 2.75) is 22.9 Å². The number of carbonyl (C=O) groups is 1. The Kier molecular flexibility index (Phi) is 3.71. The minimum atomic E-state index is -4.50. The topological polar surface area (TPSA) is 30.2 Å². The monoisotopic (exact) mass is 286 g/mol. The molecule has 2 rings (SSSR count). The fraction of sp³-hybridized carbons (Fsp3) is 0.154. The summed E-state index contributed by atoms with van der Waals surface area (Å²) in [5, 5.41) is 0. The van der Waals surface area contributed by atoms with Gasteiger partial charge in [-0.15, -0.1) is 0 Å². The van der Waals surface area contributed by atoms with Crippen LogP contribution in [0.1, 0.15) is 21.7 Å². The fourth-order valence-corrected chi connectivity index (χ4v) is 2.50. The molecule has 6 heteroatoms. The van der Waals surface area contributed by atoms with Crippen LogP contribution < -0.4 is 0 Å². The van der Waals surface area contributed by atoms with Crippen LogP contribution in [0.5, 0.6) is 0 Å². The van der Waals surface area contributed by atoms with E-state index in [0.29, 0.717) is 16.9 Å². The number of hydrogen-bond acceptors (Lipinski definition) is 3. The molecule has 0 aliphatic rings. The van der Waals surface area contributed by atoms with Crippen LogP contribution in [0.2, 0.25) is 0 Å². The molecule has 0 N–H and O–H groups in total. The first-order valence-corrected chi connectivity index (χ1v) is 6.12. The molecule has 0 saturated carbocycles. The predicted molar refractivity (Wildman–Crippen MR) is 64.4 cm³/mol. The zero-order valence-corrected chi connectivity index (χ0v) is 10.6. The molecule has 100 valence electrons. The highest BCUT2D eigenvalue weighted by Gasteiger charge is 2.34. The molecule has 0 atom stereocenters. The quantitative estimate of drug-likeness (QED) is 0.774. The summed E-state index contributed by atoms with van der Waals surface area (Å²) in [6.07, 6.45) is -2.68. The average Bonchev–Trinajstić information content (AvgIpc) is 2.74. The van der Waals surface area contributed by atoms with E-state index in [4.69, 9.17) is 4.42 Å². The van der Waals surface area contributed by atoms with Gasteiger partial charge >= 0.3 is 6.18 Å². The molecule has 19 heavy (non-hydrogen) atoms. The van der Waals surface area contributed by atoms with E-state index in [1.54, 1.807) is 13.0 Å². The zero-order chi connectivity index (χ0) is 14.0. The van der Waals surface area contributed by atoms with Gasteiger partial charge in [-0.2, -0.15) is 13.2 Å². The zero-order valence-electron chi connectivity index (χ0n) is 9.82. The summed E-state index contributed by atoms with van der Waals surface area (Å²) in [5.74, 6) is 0.553. The summed E-state index contributed by atoms with van der Waals surface area (Å²) in [4.78, 5) is 11.2. The average molecular weight is 286 g/mol. The van der Waals surface area contributed by atoms with E-state index in [9.17, 15) is 18.0 Å². The Bertz CT molecular complexity index is 602. The third-order valence-corrected chi connectivity index (χ3v) is 3.70. The second-order valence-electron chi connectivity index (χ2n) is 3.81. The molecular formula is C13H9F3O2S. The fourth-order valence-electron chi connectivity index (χ4n) is 1.53. The number of alkyl halides is 3. The van der Waals surface area contributed by atoms with Gasteiger partial charge in [0.1, 0.15) is 12.0 Å². The largest absolute Gasteiger partial charge is 0.468 e. The van der Waals surface area contributed by atoms with Crippen LogP contribution in [0.25, 0.3) is 0 Å². The summed E-state index contributed by atoms with van der Waals surface area (Å²) >= 11 is 0.964. The van der Waals surface area contributed by atoms with Crippen molar-refractivity contribution in [3.8, 4) is 0 Å². The lowest BCUT2D eigenvalue weighted by Gasteiger charge is -2.12. The Morgan fingerprint density at radius 3 is 2.47 bits per heavy atom. The first-order chi connectivity index (χ1) is 8.91. The van der Waals surface area contributed by atoms with Gasteiger partial charge in [0.15, 0.2) is 0 Å². The third-order valence-electron chi connectivity index (χ3n) is 2.48. The van der Waals surface area contributed by atoms with Gasteiger partial charge in [-0.3, -0.25) is 4.79 Å². The maximum Gasteiger partial charge on any atom is 0.417 e. The van der Waals surface area contributed by atoms with E-state index >= 15 is 0 Å². The van der Waals surface area contributed by atoms with Gasteiger partial charge in [0.2, 0.25) is 0 Å². The number of furan rings is 1. The Morgan fingerprint density at radius 2 is 1.95 bits per heavy atom. The minimum absolute atomic E-state index is 0.000547. The summed E-state index contributed by atoms with van der Waals surface area (Å²) in [7, 11) is 0. The molecule has 0 unspecified atom stereocenters. The van der Waals surface area contributed by atoms with Gasteiger partial charge in [0, 0.05) is 10.5 Å². The van der Waals surface area contributed by atoms with Gasteiger partial charge in [0.05, 0.1) is 16.7 Å². The van der Waals surface area contributed by atoms with E-state index in [2.05, 4.69) is 0 Å². The highest BCUT2D eigenvalue weighted by molar-refractivity contribution is 7.99. The molecule has 2 nitrogen and oxygen atoms in total. The van der Waals surface area contributed by atoms with Crippen molar-refractivity contribution in [1.29, 1.82) is 0 Å². The molecular weight excluding hydrogens is 277 g/mol. The summed E-state index contributed by atoms with van der Waals surface area (Å²) in [6, 6.07) is 5.11. The van der Waals surface area contributed by atoms with Gasteiger partial charge in [-0.05, 0) is 25.1 Å². The molecule has 0 saturated heterocycles. The number of aldehydes is 1. The molecule has 2 aromatic rings. The highest BCUT2D eigenvalue weighted by Crippen LogP contribution is 2.40. The van der Waals surface area contributed by atoms with Crippen LogP contribution in [0.4, 0.5) is 13.2 Å². The van der Waals surface area contributed by atoms with Crippen LogP contribution in [-0.4, -0.2) is 6.29 Å². The predicted octanol–water partition coefficient (Wildman–Crippen LogP) is 4.57. The number of hydrogen-bond donors (Lipinski definition) is 0. The Labute approximate surface area is 111 Å². The second-order valence-corrected chi connectivity index (χ2v) is 4.90. The molecule has 0 radical (unpaired) electrons. The van der Waals surface area contributed by atoms with Crippen LogP contribution >= 0.6 is 11.8 Å².